The summed E-state index contributed by atoms with van der Waals surface area (Å²) in [7, 11) is 0. The summed E-state index contributed by atoms with van der Waals surface area (Å²) >= 11 is 0. The van der Waals surface area contributed by atoms with Crippen molar-refractivity contribution < 1.29 is 9.53 Å². The zero-order chi connectivity index (χ0) is 14.4. The molecular weight excluding hydrogens is 250 g/mol. The molecule has 0 fully saturated rings. The standard InChI is InChI=1S/C17H17NO2/c1-3-7-17(19)18-15-10-4-5-11-16(15)20-14-9-6-8-13(2)12-14/h3-12H,1-2H3,(H,18,19)/b7-3+. The molecule has 0 spiro atoms. The first-order valence-corrected chi connectivity index (χ1v) is 6.46. The molecule has 0 saturated carbocycles. The molecule has 0 heterocycles. The number of carbonyl (C=O) groups is 1. The largest absolute Gasteiger partial charge is 0.455 e. The zero-order valence-electron chi connectivity index (χ0n) is 11.6. The van der Waals surface area contributed by atoms with Gasteiger partial charge in [-0.1, -0.05) is 30.3 Å². The van der Waals surface area contributed by atoms with E-state index >= 15 is 0 Å². The van der Waals surface area contributed by atoms with Gasteiger partial charge in [-0.3, -0.25) is 4.79 Å². The molecule has 102 valence electrons. The Bertz CT molecular complexity index is 632. The molecule has 0 unspecified atom stereocenters. The molecule has 0 atom stereocenters. The summed E-state index contributed by atoms with van der Waals surface area (Å²) in [6.45, 7) is 3.81. The minimum absolute atomic E-state index is 0.173. The van der Waals surface area contributed by atoms with Crippen LogP contribution in [0.15, 0.2) is 60.7 Å². The molecule has 3 heteroatoms. The highest BCUT2D eigenvalue weighted by molar-refractivity contribution is 6.00. The van der Waals surface area contributed by atoms with E-state index in [4.69, 9.17) is 4.74 Å². The Kier molecular flexibility index (Phi) is 4.56. The van der Waals surface area contributed by atoms with E-state index in [-0.39, 0.29) is 5.91 Å². The number of amides is 1. The summed E-state index contributed by atoms with van der Waals surface area (Å²) in [5.41, 5.74) is 1.77. The summed E-state index contributed by atoms with van der Waals surface area (Å²) in [6, 6.07) is 15.1. The second-order valence-electron chi connectivity index (χ2n) is 4.40. The SMILES string of the molecule is C/C=C/C(=O)Nc1ccccc1Oc1cccc(C)c1. The Morgan fingerprint density at radius 1 is 1.15 bits per heavy atom. The molecule has 0 saturated heterocycles. The predicted molar refractivity (Wildman–Crippen MR) is 81.1 cm³/mol. The van der Waals surface area contributed by atoms with Gasteiger partial charge in [0.25, 0.3) is 0 Å². The van der Waals surface area contributed by atoms with Crippen LogP contribution in [0.1, 0.15) is 12.5 Å². The van der Waals surface area contributed by atoms with Crippen molar-refractivity contribution in [1.29, 1.82) is 0 Å². The smallest absolute Gasteiger partial charge is 0.248 e. The third-order valence-electron chi connectivity index (χ3n) is 2.68. The molecule has 1 N–H and O–H groups in total. The van der Waals surface area contributed by atoms with Crippen molar-refractivity contribution in [3.05, 3.63) is 66.2 Å². The fourth-order valence-corrected chi connectivity index (χ4v) is 1.79. The van der Waals surface area contributed by atoms with Gasteiger partial charge in [-0.15, -0.1) is 0 Å². The lowest BCUT2D eigenvalue weighted by atomic mass is 10.2. The van der Waals surface area contributed by atoms with Crippen LogP contribution in [0.4, 0.5) is 5.69 Å². The Balaban J connectivity index is 2.21. The first-order valence-electron chi connectivity index (χ1n) is 6.46. The van der Waals surface area contributed by atoms with Gasteiger partial charge in [0.15, 0.2) is 5.75 Å². The number of hydrogen-bond donors (Lipinski definition) is 1. The van der Waals surface area contributed by atoms with Gasteiger partial charge in [0.2, 0.25) is 5.91 Å². The summed E-state index contributed by atoms with van der Waals surface area (Å²) in [4.78, 5) is 11.6. The van der Waals surface area contributed by atoms with E-state index in [1.165, 1.54) is 6.08 Å². The fourth-order valence-electron chi connectivity index (χ4n) is 1.79. The van der Waals surface area contributed by atoms with Crippen LogP contribution in [0.3, 0.4) is 0 Å². The summed E-state index contributed by atoms with van der Waals surface area (Å²) < 4.78 is 5.83. The number of nitrogens with one attached hydrogen (secondary N) is 1. The molecule has 0 aromatic heterocycles. The second-order valence-corrected chi connectivity index (χ2v) is 4.40. The van der Waals surface area contributed by atoms with Gasteiger partial charge in [-0.25, -0.2) is 0 Å². The van der Waals surface area contributed by atoms with E-state index in [0.29, 0.717) is 11.4 Å². The molecule has 0 aliphatic heterocycles. The van der Waals surface area contributed by atoms with Crippen LogP contribution < -0.4 is 10.1 Å². The number of para-hydroxylation sites is 2. The summed E-state index contributed by atoms with van der Waals surface area (Å²) in [5.74, 6) is 1.20. The van der Waals surface area contributed by atoms with Crippen LogP contribution >= 0.6 is 0 Å². The molecule has 2 aromatic rings. The van der Waals surface area contributed by atoms with Gasteiger partial charge in [0.1, 0.15) is 5.75 Å². The molecule has 2 aromatic carbocycles. The zero-order valence-corrected chi connectivity index (χ0v) is 11.6. The number of allylic oxidation sites excluding steroid dienone is 1. The van der Waals surface area contributed by atoms with Gasteiger partial charge < -0.3 is 10.1 Å². The lowest BCUT2D eigenvalue weighted by Gasteiger charge is -2.11. The van der Waals surface area contributed by atoms with E-state index in [9.17, 15) is 4.79 Å². The number of ether oxygens (including phenoxy) is 1. The molecule has 2 rings (SSSR count). The number of rotatable bonds is 4. The van der Waals surface area contributed by atoms with Crippen molar-refractivity contribution in [2.24, 2.45) is 0 Å². The molecule has 3 nitrogen and oxygen atoms in total. The molecule has 0 radical (unpaired) electrons. The van der Waals surface area contributed by atoms with E-state index in [0.717, 1.165) is 11.3 Å². The highest BCUT2D eigenvalue weighted by atomic mass is 16.5. The lowest BCUT2D eigenvalue weighted by Crippen LogP contribution is -2.08. The third-order valence-corrected chi connectivity index (χ3v) is 2.68. The maximum Gasteiger partial charge on any atom is 0.248 e. The normalized spacial score (nSPS) is 10.5. The Labute approximate surface area is 118 Å². The first kappa shape index (κ1) is 13.9. The van der Waals surface area contributed by atoms with Crippen LogP contribution in [-0.2, 0) is 4.79 Å². The molecule has 0 aliphatic carbocycles. The van der Waals surface area contributed by atoms with Crippen molar-refractivity contribution in [3.63, 3.8) is 0 Å². The molecular formula is C17H17NO2. The predicted octanol–water partition coefficient (Wildman–Crippen LogP) is 4.30. The van der Waals surface area contributed by atoms with Crippen LogP contribution in [0.25, 0.3) is 0 Å². The van der Waals surface area contributed by atoms with E-state index in [1.807, 2.05) is 55.5 Å². The monoisotopic (exact) mass is 267 g/mol. The van der Waals surface area contributed by atoms with Crippen molar-refractivity contribution in [2.75, 3.05) is 5.32 Å². The van der Waals surface area contributed by atoms with E-state index in [1.54, 1.807) is 13.0 Å². The van der Waals surface area contributed by atoms with E-state index < -0.39 is 0 Å². The first-order chi connectivity index (χ1) is 9.69. The average molecular weight is 267 g/mol. The van der Waals surface area contributed by atoms with Crippen LogP contribution in [0.5, 0.6) is 11.5 Å². The van der Waals surface area contributed by atoms with Crippen LogP contribution in [0.2, 0.25) is 0 Å². The van der Waals surface area contributed by atoms with Crippen molar-refractivity contribution in [2.45, 2.75) is 13.8 Å². The molecule has 0 bridgehead atoms. The fraction of sp³-hybridized carbons (Fsp3) is 0.118. The van der Waals surface area contributed by atoms with Crippen LogP contribution in [0, 0.1) is 6.92 Å². The number of hydrogen-bond acceptors (Lipinski definition) is 2. The number of aryl methyl sites for hydroxylation is 1. The van der Waals surface area contributed by atoms with Gasteiger partial charge in [0.05, 0.1) is 5.69 Å². The lowest BCUT2D eigenvalue weighted by molar-refractivity contribution is -0.111. The maximum absolute atomic E-state index is 11.6. The molecule has 0 aliphatic rings. The quantitative estimate of drug-likeness (QED) is 0.839. The average Bonchev–Trinajstić information content (AvgIpc) is 2.41. The third kappa shape index (κ3) is 3.72. The van der Waals surface area contributed by atoms with Crippen molar-refractivity contribution >= 4 is 11.6 Å². The van der Waals surface area contributed by atoms with Crippen molar-refractivity contribution in [1.82, 2.24) is 0 Å². The minimum Gasteiger partial charge on any atom is -0.455 e. The molecule has 20 heavy (non-hydrogen) atoms. The van der Waals surface area contributed by atoms with Gasteiger partial charge in [-0.05, 0) is 49.8 Å². The number of anilines is 1. The van der Waals surface area contributed by atoms with Crippen LogP contribution in [-0.4, -0.2) is 5.91 Å². The number of benzene rings is 2. The summed E-state index contributed by atoms with van der Waals surface area (Å²) in [5, 5.41) is 2.80. The van der Waals surface area contributed by atoms with Gasteiger partial charge in [-0.2, -0.15) is 0 Å². The van der Waals surface area contributed by atoms with Gasteiger partial charge in [0, 0.05) is 0 Å². The number of carbonyl (C=O) groups excluding carboxylic acids is 1. The maximum atomic E-state index is 11.6. The van der Waals surface area contributed by atoms with E-state index in [2.05, 4.69) is 5.32 Å². The Morgan fingerprint density at radius 3 is 2.70 bits per heavy atom. The summed E-state index contributed by atoms with van der Waals surface area (Å²) in [6.07, 6.45) is 3.17. The Hall–Kier alpha value is -2.55. The van der Waals surface area contributed by atoms with Crippen molar-refractivity contribution in [3.8, 4) is 11.5 Å². The topological polar surface area (TPSA) is 38.3 Å². The second kappa shape index (κ2) is 6.57. The highest BCUT2D eigenvalue weighted by Gasteiger charge is 2.06. The van der Waals surface area contributed by atoms with Gasteiger partial charge >= 0.3 is 0 Å². The molecule has 1 amide bonds. The highest BCUT2D eigenvalue weighted by Crippen LogP contribution is 2.29. The minimum atomic E-state index is -0.173. The Morgan fingerprint density at radius 2 is 1.95 bits per heavy atom.